The van der Waals surface area contributed by atoms with Crippen molar-refractivity contribution in [3.8, 4) is 61.7 Å². The third kappa shape index (κ3) is 14.7. The lowest BCUT2D eigenvalue weighted by atomic mass is 9.90. The zero-order chi connectivity index (χ0) is 60.8. The predicted molar refractivity (Wildman–Crippen MR) is 360 cm³/mol. The van der Waals surface area contributed by atoms with Gasteiger partial charge in [-0.3, -0.25) is 0 Å². The van der Waals surface area contributed by atoms with Gasteiger partial charge in [-0.1, -0.05) is 129 Å². The van der Waals surface area contributed by atoms with Crippen LogP contribution in [0, 0.1) is 28.6 Å². The van der Waals surface area contributed by atoms with Crippen LogP contribution in [0.4, 0.5) is 0 Å². The van der Waals surface area contributed by atoms with E-state index in [-0.39, 0.29) is 11.1 Å². The SMILES string of the molecule is CCCCCCc1cc(/C=C/c2sc(-c3ccc4c(c3)c3cc(-c5sc(/C=C/c6cc(CCCCCC)c(/C=C(\C#N)C(=O)O)s6)c6c5OCCO6)ccc3n4-c3ccc(CC(CCCC)CCCC)cc3)c3c2OCCO3)sc1/C=C(\C#N)C(=O)O. The molecule has 0 saturated carbocycles. The van der Waals surface area contributed by atoms with Gasteiger partial charge in [0.25, 0.3) is 0 Å². The molecular formula is C72H75N3O8S4. The number of aliphatic carboxylic acids is 2. The fourth-order valence-corrected chi connectivity index (χ4v) is 16.0. The summed E-state index contributed by atoms with van der Waals surface area (Å²) in [6.07, 6.45) is 29.9. The minimum Gasteiger partial charge on any atom is -0.485 e. The molecule has 10 rings (SSSR count). The Morgan fingerprint density at radius 2 is 0.966 bits per heavy atom. The number of unbranched alkanes of at least 4 members (excludes halogenated alkanes) is 8. The lowest BCUT2D eigenvalue weighted by molar-refractivity contribution is -0.133. The van der Waals surface area contributed by atoms with Gasteiger partial charge in [-0.15, -0.1) is 45.3 Å². The van der Waals surface area contributed by atoms with Crippen LogP contribution in [-0.4, -0.2) is 53.1 Å². The molecule has 7 heterocycles. The summed E-state index contributed by atoms with van der Waals surface area (Å²) >= 11 is 6.20. The molecule has 2 aliphatic rings. The Bertz CT molecular complexity index is 3750. The third-order valence-electron chi connectivity index (χ3n) is 16.2. The summed E-state index contributed by atoms with van der Waals surface area (Å²) in [7, 11) is 0. The van der Waals surface area contributed by atoms with Crippen molar-refractivity contribution in [3.63, 3.8) is 0 Å². The number of benzene rings is 3. The van der Waals surface area contributed by atoms with E-state index in [1.807, 2.05) is 12.1 Å². The first-order valence-electron chi connectivity index (χ1n) is 30.9. The van der Waals surface area contributed by atoms with Gasteiger partial charge < -0.3 is 33.7 Å². The van der Waals surface area contributed by atoms with Crippen LogP contribution < -0.4 is 18.9 Å². The summed E-state index contributed by atoms with van der Waals surface area (Å²) in [5.74, 6) is 1.01. The number of carbonyl (C=O) groups is 2. The molecule has 2 aliphatic heterocycles. The number of fused-ring (bicyclic) bond motifs is 5. The van der Waals surface area contributed by atoms with Gasteiger partial charge in [0.05, 0.1) is 30.5 Å². The molecule has 0 spiro atoms. The standard InChI is InChI=1S/C72H75N3O8S4/c1-5-9-13-15-19-48-38-55(84-63(48)42-52(44-73)71(76)77)27-31-61-65-67(82-35-33-80-65)69(86-61)50-23-29-59-57(40-50)58-41-51(24-30-60(58)75(59)54-25-21-47(22-26-54)37-46(17-11-7-3)18-12-8-4)70-68-66(81-34-36-83-68)62(87-70)32-28-56-39-49(20-16-14-10-6-2)64(85-56)43-53(45-74)72(78)79/h21-32,38-43,46H,5-20,33-37H2,1-4H3,(H,76,77)(H,78,79)/b31-27+,32-28+,52-42+,53-43+. The van der Waals surface area contributed by atoms with E-state index in [9.17, 15) is 30.3 Å². The zero-order valence-electron chi connectivity index (χ0n) is 50.1. The van der Waals surface area contributed by atoms with Crippen LogP contribution in [0.2, 0.25) is 0 Å². The van der Waals surface area contributed by atoms with Gasteiger partial charge in [-0.05, 0) is 151 Å². The Morgan fingerprint density at radius 1 is 0.529 bits per heavy atom. The van der Waals surface area contributed by atoms with Gasteiger partial charge in [0.2, 0.25) is 0 Å². The smallest absolute Gasteiger partial charge is 0.346 e. The Hall–Kier alpha value is -7.66. The van der Waals surface area contributed by atoms with Crippen LogP contribution in [0.5, 0.6) is 23.0 Å². The van der Waals surface area contributed by atoms with Gasteiger partial charge in [-0.25, -0.2) is 9.59 Å². The Labute approximate surface area is 526 Å². The van der Waals surface area contributed by atoms with Gasteiger partial charge >= 0.3 is 11.9 Å². The van der Waals surface area contributed by atoms with Crippen LogP contribution in [0.3, 0.4) is 0 Å². The summed E-state index contributed by atoms with van der Waals surface area (Å²) in [5.41, 5.74) is 8.08. The minimum atomic E-state index is -1.23. The van der Waals surface area contributed by atoms with E-state index in [1.54, 1.807) is 22.7 Å². The molecule has 11 nitrogen and oxygen atoms in total. The second kappa shape index (κ2) is 29.8. The number of nitriles is 2. The van der Waals surface area contributed by atoms with E-state index >= 15 is 0 Å². The molecule has 15 heteroatoms. The third-order valence-corrected chi connectivity index (χ3v) is 20.7. The second-order valence-electron chi connectivity index (χ2n) is 22.4. The van der Waals surface area contributed by atoms with Gasteiger partial charge in [0.15, 0.2) is 23.0 Å². The number of nitrogens with zero attached hydrogens (tertiary/aromatic N) is 3. The molecule has 3 aromatic carbocycles. The number of ether oxygens (including phenoxy) is 4. The highest BCUT2D eigenvalue weighted by Crippen LogP contribution is 2.53. The van der Waals surface area contributed by atoms with Gasteiger partial charge in [-0.2, -0.15) is 10.5 Å². The first kappa shape index (κ1) is 62.4. The number of thiophene rings is 4. The molecule has 0 atom stereocenters. The second-order valence-corrected chi connectivity index (χ2v) is 26.8. The molecule has 0 radical (unpaired) electrons. The lowest BCUT2D eigenvalue weighted by Gasteiger charge is -2.17. The molecule has 0 amide bonds. The molecule has 5 aromatic heterocycles. The van der Waals surface area contributed by atoms with Crippen molar-refractivity contribution in [1.29, 1.82) is 10.5 Å². The molecule has 87 heavy (non-hydrogen) atoms. The summed E-state index contributed by atoms with van der Waals surface area (Å²) in [5, 5.41) is 40.9. The molecule has 8 aromatic rings. The summed E-state index contributed by atoms with van der Waals surface area (Å²) in [4.78, 5) is 31.1. The fraction of sp³-hybridized carbons (Fsp3) is 0.361. The van der Waals surface area contributed by atoms with Crippen molar-refractivity contribution in [2.45, 2.75) is 137 Å². The van der Waals surface area contributed by atoms with Gasteiger partial charge in [0.1, 0.15) is 49.7 Å². The van der Waals surface area contributed by atoms with Crippen molar-refractivity contribution in [2.24, 2.45) is 5.92 Å². The number of carboxylic acid groups (broad SMARTS) is 2. The number of aromatic nitrogens is 1. The van der Waals surface area contributed by atoms with E-state index in [4.69, 9.17) is 18.9 Å². The maximum atomic E-state index is 11.9. The normalized spacial score (nSPS) is 13.4. The average Bonchev–Trinajstić information content (AvgIpc) is 1.95. The van der Waals surface area contributed by atoms with Crippen molar-refractivity contribution < 1.29 is 38.7 Å². The van der Waals surface area contributed by atoms with Crippen molar-refractivity contribution in [2.75, 3.05) is 26.4 Å². The minimum absolute atomic E-state index is 0.282. The zero-order valence-corrected chi connectivity index (χ0v) is 53.4. The Morgan fingerprint density at radius 3 is 1.38 bits per heavy atom. The number of carboxylic acids is 2. The largest absolute Gasteiger partial charge is 0.485 e. The number of hydrogen-bond donors (Lipinski definition) is 2. The van der Waals surface area contributed by atoms with Crippen molar-refractivity contribution in [3.05, 3.63) is 130 Å². The lowest BCUT2D eigenvalue weighted by Crippen LogP contribution is -2.14. The Kier molecular flexibility index (Phi) is 21.4. The first-order valence-corrected chi connectivity index (χ1v) is 34.1. The van der Waals surface area contributed by atoms with Crippen LogP contribution in [-0.2, 0) is 28.9 Å². The molecule has 450 valence electrons. The van der Waals surface area contributed by atoms with Crippen LogP contribution in [0.25, 0.3) is 84.8 Å². The predicted octanol–water partition coefficient (Wildman–Crippen LogP) is 20.0. The van der Waals surface area contributed by atoms with Crippen LogP contribution >= 0.6 is 45.3 Å². The first-order chi connectivity index (χ1) is 42.5. The highest BCUT2D eigenvalue weighted by molar-refractivity contribution is 7.18. The van der Waals surface area contributed by atoms with Crippen LogP contribution in [0.1, 0.15) is 164 Å². The molecule has 0 fully saturated rings. The number of rotatable bonds is 29. The van der Waals surface area contributed by atoms with E-state index < -0.39 is 11.9 Å². The molecule has 0 aliphatic carbocycles. The van der Waals surface area contributed by atoms with E-state index in [2.05, 4.69) is 129 Å². The molecule has 0 bridgehead atoms. The highest BCUT2D eigenvalue weighted by Gasteiger charge is 2.28. The quantitative estimate of drug-likeness (QED) is 0.0262. The van der Waals surface area contributed by atoms with Crippen molar-refractivity contribution >= 4 is 116 Å². The Balaban J connectivity index is 1.05. The van der Waals surface area contributed by atoms with E-state index in [0.29, 0.717) is 55.3 Å². The average molecular weight is 1240 g/mol. The van der Waals surface area contributed by atoms with Crippen molar-refractivity contribution in [1.82, 2.24) is 4.57 Å². The maximum absolute atomic E-state index is 11.9. The van der Waals surface area contributed by atoms with Crippen LogP contribution in [0.15, 0.2) is 83.9 Å². The molecule has 0 saturated heterocycles. The monoisotopic (exact) mass is 1240 g/mol. The molecule has 2 N–H and O–H groups in total. The number of hydrogen-bond acceptors (Lipinski definition) is 12. The number of aryl methyl sites for hydroxylation is 2. The summed E-state index contributed by atoms with van der Waals surface area (Å²) in [6, 6.07) is 30.5. The van der Waals surface area contributed by atoms with E-state index in [0.717, 1.165) is 159 Å². The fourth-order valence-electron chi connectivity index (χ4n) is 11.7. The van der Waals surface area contributed by atoms with Gasteiger partial charge in [0, 0.05) is 36.0 Å². The summed E-state index contributed by atoms with van der Waals surface area (Å²) in [6.45, 7) is 10.6. The molecular weight excluding hydrogens is 1160 g/mol. The maximum Gasteiger partial charge on any atom is 0.346 e. The topological polar surface area (TPSA) is 164 Å². The van der Waals surface area contributed by atoms with E-state index in [1.165, 1.54) is 78.9 Å². The highest BCUT2D eigenvalue weighted by atomic mass is 32.1. The molecule has 0 unspecified atom stereocenters. The summed E-state index contributed by atoms with van der Waals surface area (Å²) < 4.78 is 28.2.